The maximum atomic E-state index is 12.0. The van der Waals surface area contributed by atoms with Crippen molar-refractivity contribution in [2.75, 3.05) is 13.6 Å². The summed E-state index contributed by atoms with van der Waals surface area (Å²) >= 11 is 3.34. The molecule has 0 amide bonds. The maximum Gasteiger partial charge on any atom is 0.181 e. The van der Waals surface area contributed by atoms with E-state index in [2.05, 4.69) is 21.2 Å². The van der Waals surface area contributed by atoms with Gasteiger partial charge in [-0.3, -0.25) is 0 Å². The third kappa shape index (κ3) is 3.53. The number of nitrogens with one attached hydrogen (secondary N) is 1. The second-order valence-corrected chi connectivity index (χ2v) is 7.54. The number of halogens is 1. The lowest BCUT2D eigenvalue weighted by molar-refractivity contribution is 0.587. The van der Waals surface area contributed by atoms with Gasteiger partial charge >= 0.3 is 0 Å². The molecule has 0 unspecified atom stereocenters. The van der Waals surface area contributed by atoms with Gasteiger partial charge in [0.25, 0.3) is 0 Å². The summed E-state index contributed by atoms with van der Waals surface area (Å²) in [6.45, 7) is 4.26. The Morgan fingerprint density at radius 1 is 1.35 bits per heavy atom. The highest BCUT2D eigenvalue weighted by Crippen LogP contribution is 2.26. The van der Waals surface area contributed by atoms with Crippen molar-refractivity contribution in [3.05, 3.63) is 28.2 Å². The van der Waals surface area contributed by atoms with E-state index in [0.29, 0.717) is 9.37 Å². The molecule has 0 heterocycles. The Morgan fingerprint density at radius 2 is 2.00 bits per heavy atom. The monoisotopic (exact) mass is 319 g/mol. The minimum Gasteiger partial charge on any atom is -0.319 e. The summed E-state index contributed by atoms with van der Waals surface area (Å²) in [6, 6.07) is 5.44. The zero-order valence-electron chi connectivity index (χ0n) is 10.3. The summed E-state index contributed by atoms with van der Waals surface area (Å²) in [5, 5.41) is 2.66. The van der Waals surface area contributed by atoms with Crippen LogP contribution >= 0.6 is 15.9 Å². The van der Waals surface area contributed by atoms with Crippen molar-refractivity contribution >= 4 is 25.8 Å². The first-order chi connectivity index (χ1) is 7.89. The van der Waals surface area contributed by atoms with E-state index in [4.69, 9.17) is 0 Å². The van der Waals surface area contributed by atoms with Crippen LogP contribution in [0, 0.1) is 0 Å². The summed E-state index contributed by atoms with van der Waals surface area (Å²) in [4.78, 5) is 0.376. The van der Waals surface area contributed by atoms with Crippen molar-refractivity contribution in [3.63, 3.8) is 0 Å². The Labute approximate surface area is 112 Å². The highest BCUT2D eigenvalue weighted by atomic mass is 79.9. The van der Waals surface area contributed by atoms with Gasteiger partial charge in [0.15, 0.2) is 9.84 Å². The van der Waals surface area contributed by atoms with E-state index in [1.165, 1.54) is 0 Å². The lowest BCUT2D eigenvalue weighted by Crippen LogP contribution is -2.15. The van der Waals surface area contributed by atoms with Crippen LogP contribution in [0.3, 0.4) is 0 Å². The van der Waals surface area contributed by atoms with Gasteiger partial charge in [0, 0.05) is 4.47 Å². The van der Waals surface area contributed by atoms with E-state index in [1.54, 1.807) is 19.9 Å². The Bertz CT molecular complexity index is 483. The van der Waals surface area contributed by atoms with E-state index in [1.807, 2.05) is 19.2 Å². The summed E-state index contributed by atoms with van der Waals surface area (Å²) < 4.78 is 24.7. The molecule has 0 aliphatic heterocycles. The fourth-order valence-electron chi connectivity index (χ4n) is 1.45. The fraction of sp³-hybridized carbons (Fsp3) is 0.500. The molecule has 96 valence electrons. The van der Waals surface area contributed by atoms with Crippen LogP contribution in [0.5, 0.6) is 0 Å². The molecule has 5 heteroatoms. The number of rotatable bonds is 5. The predicted molar refractivity (Wildman–Crippen MR) is 74.1 cm³/mol. The molecular weight excluding hydrogens is 302 g/mol. The molecule has 0 saturated heterocycles. The molecule has 0 radical (unpaired) electrons. The first-order valence-corrected chi connectivity index (χ1v) is 7.90. The van der Waals surface area contributed by atoms with E-state index >= 15 is 0 Å². The van der Waals surface area contributed by atoms with Crippen molar-refractivity contribution in [3.8, 4) is 0 Å². The van der Waals surface area contributed by atoms with Crippen LogP contribution in [0.4, 0.5) is 0 Å². The molecule has 1 N–H and O–H groups in total. The lowest BCUT2D eigenvalue weighted by Gasteiger charge is -2.11. The third-order valence-electron chi connectivity index (χ3n) is 2.59. The van der Waals surface area contributed by atoms with Gasteiger partial charge in [-0.1, -0.05) is 6.07 Å². The van der Waals surface area contributed by atoms with Crippen molar-refractivity contribution in [2.45, 2.75) is 30.4 Å². The normalized spacial score (nSPS) is 12.1. The summed E-state index contributed by atoms with van der Waals surface area (Å²) in [6.07, 6.45) is 0.886. The standard InChI is InChI=1S/C12H18BrNO2S/c1-9(2)17(15,16)12-5-4-10(6-7-14-3)8-11(12)13/h4-5,8-9,14H,6-7H2,1-3H3. The van der Waals surface area contributed by atoms with Crippen LogP contribution < -0.4 is 5.32 Å². The van der Waals surface area contributed by atoms with Gasteiger partial charge in [0.1, 0.15) is 0 Å². The Morgan fingerprint density at radius 3 is 2.47 bits per heavy atom. The first-order valence-electron chi connectivity index (χ1n) is 5.56. The number of hydrogen-bond acceptors (Lipinski definition) is 3. The molecule has 0 atom stereocenters. The van der Waals surface area contributed by atoms with Crippen LogP contribution in [0.1, 0.15) is 19.4 Å². The fourth-order valence-corrected chi connectivity index (χ4v) is 3.65. The Hall–Kier alpha value is -0.390. The van der Waals surface area contributed by atoms with Gasteiger partial charge in [-0.2, -0.15) is 0 Å². The van der Waals surface area contributed by atoms with Gasteiger partial charge < -0.3 is 5.32 Å². The Balaban J connectivity index is 3.06. The molecule has 0 aromatic heterocycles. The largest absolute Gasteiger partial charge is 0.319 e. The van der Waals surface area contributed by atoms with Gasteiger partial charge in [0.2, 0.25) is 0 Å². The Kier molecular flexibility index (Phi) is 5.16. The van der Waals surface area contributed by atoms with Crippen LogP contribution in [0.25, 0.3) is 0 Å². The summed E-state index contributed by atoms with van der Waals surface area (Å²) in [5.41, 5.74) is 1.12. The van der Waals surface area contributed by atoms with Crippen LogP contribution in [0.2, 0.25) is 0 Å². The quantitative estimate of drug-likeness (QED) is 0.906. The van der Waals surface area contributed by atoms with Gasteiger partial charge in [-0.15, -0.1) is 0 Å². The topological polar surface area (TPSA) is 46.2 Å². The summed E-state index contributed by atoms with van der Waals surface area (Å²) in [7, 11) is -1.31. The van der Waals surface area contributed by atoms with E-state index in [9.17, 15) is 8.42 Å². The van der Waals surface area contributed by atoms with Crippen LogP contribution in [0.15, 0.2) is 27.6 Å². The minimum absolute atomic E-state index is 0.376. The molecular formula is C12H18BrNO2S. The molecule has 0 aliphatic carbocycles. The molecule has 0 spiro atoms. The average molecular weight is 320 g/mol. The SMILES string of the molecule is CNCCc1ccc(S(=O)(=O)C(C)C)c(Br)c1. The van der Waals surface area contributed by atoms with Gasteiger partial charge in [-0.05, 0) is 67.5 Å². The summed E-state index contributed by atoms with van der Waals surface area (Å²) in [5.74, 6) is 0. The molecule has 3 nitrogen and oxygen atoms in total. The highest BCUT2D eigenvalue weighted by molar-refractivity contribution is 9.10. The molecule has 1 aromatic carbocycles. The molecule has 17 heavy (non-hydrogen) atoms. The lowest BCUT2D eigenvalue weighted by atomic mass is 10.1. The molecule has 0 fully saturated rings. The maximum absolute atomic E-state index is 12.0. The third-order valence-corrected chi connectivity index (χ3v) is 5.72. The van der Waals surface area contributed by atoms with E-state index in [-0.39, 0.29) is 0 Å². The zero-order valence-corrected chi connectivity index (χ0v) is 12.7. The molecule has 1 aromatic rings. The van der Waals surface area contributed by atoms with Crippen molar-refractivity contribution in [2.24, 2.45) is 0 Å². The predicted octanol–water partition coefficient (Wildman–Crippen LogP) is 2.39. The second kappa shape index (κ2) is 5.98. The van der Waals surface area contributed by atoms with Crippen molar-refractivity contribution in [1.82, 2.24) is 5.32 Å². The van der Waals surface area contributed by atoms with Gasteiger partial charge in [0.05, 0.1) is 10.1 Å². The molecule has 0 saturated carbocycles. The second-order valence-electron chi connectivity index (χ2n) is 4.21. The smallest absolute Gasteiger partial charge is 0.181 e. The van der Waals surface area contributed by atoms with E-state index < -0.39 is 15.1 Å². The number of likely N-dealkylation sites (N-methyl/N-ethyl adjacent to an activating group) is 1. The zero-order chi connectivity index (χ0) is 13.1. The first kappa shape index (κ1) is 14.7. The molecule has 1 rings (SSSR count). The van der Waals surface area contributed by atoms with Crippen LogP contribution in [-0.4, -0.2) is 27.3 Å². The minimum atomic E-state index is -3.21. The number of sulfone groups is 1. The molecule has 0 bridgehead atoms. The number of hydrogen-bond donors (Lipinski definition) is 1. The average Bonchev–Trinajstić information content (AvgIpc) is 2.25. The van der Waals surface area contributed by atoms with E-state index in [0.717, 1.165) is 18.5 Å². The van der Waals surface area contributed by atoms with Crippen molar-refractivity contribution < 1.29 is 8.42 Å². The van der Waals surface area contributed by atoms with Crippen molar-refractivity contribution in [1.29, 1.82) is 0 Å². The van der Waals surface area contributed by atoms with Crippen LogP contribution in [-0.2, 0) is 16.3 Å². The molecule has 0 aliphatic rings. The van der Waals surface area contributed by atoms with Gasteiger partial charge in [-0.25, -0.2) is 8.42 Å². The highest BCUT2D eigenvalue weighted by Gasteiger charge is 2.21. The number of benzene rings is 1.